The minimum atomic E-state index is 0.380. The molecule has 1 aromatic rings. The predicted molar refractivity (Wildman–Crippen MR) is 61.1 cm³/mol. The summed E-state index contributed by atoms with van der Waals surface area (Å²) in [5.74, 6) is 3.43. The largest absolute Gasteiger partial charge is 0.478 e. The molecule has 0 radical (unpaired) electrons. The molecule has 0 bridgehead atoms. The molecule has 0 saturated heterocycles. The summed E-state index contributed by atoms with van der Waals surface area (Å²) in [5.41, 5.74) is 0. The van der Waals surface area contributed by atoms with Gasteiger partial charge in [-0.05, 0) is 10.2 Å². The van der Waals surface area contributed by atoms with Crippen LogP contribution in [-0.2, 0) is 0 Å². The lowest BCUT2D eigenvalue weighted by atomic mass is 10.6. The number of nitrogens with zero attached hydrogens (tertiary/aromatic N) is 2. The molecule has 0 saturated carbocycles. The van der Waals surface area contributed by atoms with Crippen LogP contribution in [0.15, 0.2) is 17.6 Å². The average molecular weight is 306 g/mol. The Kier molecular flexibility index (Phi) is 4.93. The van der Waals surface area contributed by atoms with Crippen molar-refractivity contribution < 1.29 is 4.74 Å². The number of hydrogen-bond acceptors (Lipinski definition) is 4. The van der Waals surface area contributed by atoms with Crippen LogP contribution in [0.5, 0.6) is 5.75 Å². The Labute approximate surface area is 94.8 Å². The first kappa shape index (κ1) is 10.6. The number of hydrogen-bond donors (Lipinski definition) is 0. The van der Waals surface area contributed by atoms with Gasteiger partial charge in [0.05, 0.1) is 12.4 Å². The first-order valence-corrected chi connectivity index (χ1v) is 5.74. The molecule has 0 N–H and O–H groups in total. The lowest BCUT2D eigenvalue weighted by Gasteiger charge is -2.00. The van der Waals surface area contributed by atoms with Gasteiger partial charge in [-0.15, -0.1) is 0 Å². The predicted octanol–water partition coefficient (Wildman–Crippen LogP) is 1.97. The Hall–Kier alpha value is -0.480. The first-order chi connectivity index (χ1) is 6.36. The van der Waals surface area contributed by atoms with Crippen molar-refractivity contribution in [2.75, 3.05) is 12.9 Å². The summed E-state index contributed by atoms with van der Waals surface area (Å²) in [6, 6.07) is 0. The van der Waals surface area contributed by atoms with Crippen molar-refractivity contribution >= 4 is 34.4 Å². The van der Waals surface area contributed by atoms with Gasteiger partial charge in [-0.1, -0.05) is 17.7 Å². The molecule has 0 aliphatic carbocycles. The van der Waals surface area contributed by atoms with Gasteiger partial charge in [-0.2, -0.15) is 0 Å². The maximum absolute atomic E-state index is 5.23. The van der Waals surface area contributed by atoms with Gasteiger partial charge in [0.2, 0.25) is 0 Å². The fourth-order valence-electron chi connectivity index (χ4n) is 0.631. The van der Waals surface area contributed by atoms with Gasteiger partial charge in [-0.3, -0.25) is 0 Å². The molecule has 0 amide bonds. The molecular weight excluding hydrogens is 299 g/mol. The maximum Gasteiger partial charge on any atom is 0.187 e. The second kappa shape index (κ2) is 6.05. The third kappa shape index (κ3) is 3.83. The highest BCUT2D eigenvalue weighted by molar-refractivity contribution is 14.1. The highest BCUT2D eigenvalue weighted by Crippen LogP contribution is 2.11. The zero-order valence-corrected chi connectivity index (χ0v) is 9.92. The zero-order valence-electron chi connectivity index (χ0n) is 6.95. The van der Waals surface area contributed by atoms with Crippen LogP contribution in [0, 0.1) is 9.85 Å². The summed E-state index contributed by atoms with van der Waals surface area (Å²) in [7, 11) is 0. The Bertz CT molecular complexity index is 317. The van der Waals surface area contributed by atoms with Crippen molar-refractivity contribution in [2.45, 2.75) is 5.16 Å². The Morgan fingerprint density at radius 3 is 2.77 bits per heavy atom. The Morgan fingerprint density at radius 2 is 2.23 bits per heavy atom. The molecule has 0 aliphatic heterocycles. The van der Waals surface area contributed by atoms with Crippen LogP contribution < -0.4 is 4.74 Å². The van der Waals surface area contributed by atoms with Gasteiger partial charge in [0.25, 0.3) is 0 Å². The van der Waals surface area contributed by atoms with Crippen LogP contribution in [0.2, 0.25) is 0 Å². The van der Waals surface area contributed by atoms with Crippen LogP contribution >= 0.6 is 34.4 Å². The van der Waals surface area contributed by atoms with Crippen molar-refractivity contribution in [2.24, 2.45) is 0 Å². The third-order valence-corrected chi connectivity index (χ3v) is 2.12. The van der Waals surface area contributed by atoms with E-state index >= 15 is 0 Å². The number of halogens is 1. The van der Waals surface area contributed by atoms with Crippen molar-refractivity contribution in [1.82, 2.24) is 9.97 Å². The summed E-state index contributed by atoms with van der Waals surface area (Å²) in [6.07, 6.45) is 5.22. The monoisotopic (exact) mass is 306 g/mol. The van der Waals surface area contributed by atoms with E-state index in [4.69, 9.17) is 4.74 Å². The Balaban J connectivity index is 2.52. The number of thioether (sulfide) groups is 1. The first-order valence-electron chi connectivity index (χ1n) is 3.44. The van der Waals surface area contributed by atoms with Crippen LogP contribution in [0.25, 0.3) is 0 Å². The van der Waals surface area contributed by atoms with E-state index in [1.807, 2.05) is 28.8 Å². The highest BCUT2D eigenvalue weighted by atomic mass is 127. The standard InChI is InChI=1S/C8H7IN2OS/c1-13-8-10-5-7(6-11-8)12-4-2-3-9/h5-6H,4H2,1H3. The van der Waals surface area contributed by atoms with Crippen molar-refractivity contribution in [3.63, 3.8) is 0 Å². The second-order valence-corrected chi connectivity index (χ2v) is 3.28. The fraction of sp³-hybridized carbons (Fsp3) is 0.250. The van der Waals surface area contributed by atoms with Gasteiger partial charge in [0, 0.05) is 22.6 Å². The van der Waals surface area contributed by atoms with Crippen molar-refractivity contribution in [1.29, 1.82) is 0 Å². The van der Waals surface area contributed by atoms with E-state index in [1.54, 1.807) is 12.4 Å². The summed E-state index contributed by atoms with van der Waals surface area (Å²) >= 11 is 3.46. The van der Waals surface area contributed by atoms with Crippen molar-refractivity contribution in [3.05, 3.63) is 12.4 Å². The van der Waals surface area contributed by atoms with Gasteiger partial charge in [0.1, 0.15) is 6.61 Å². The average Bonchev–Trinajstić information content (AvgIpc) is 2.19. The van der Waals surface area contributed by atoms with E-state index in [9.17, 15) is 0 Å². The lowest BCUT2D eigenvalue weighted by Crippen LogP contribution is -1.95. The third-order valence-electron chi connectivity index (χ3n) is 1.16. The molecule has 0 spiro atoms. The molecule has 3 nitrogen and oxygen atoms in total. The van der Waals surface area contributed by atoms with Gasteiger partial charge >= 0.3 is 0 Å². The van der Waals surface area contributed by atoms with E-state index in [0.29, 0.717) is 12.4 Å². The molecule has 0 aliphatic rings. The quantitative estimate of drug-likeness (QED) is 0.370. The van der Waals surface area contributed by atoms with E-state index in [1.165, 1.54) is 11.8 Å². The van der Waals surface area contributed by atoms with Crippen molar-refractivity contribution in [3.8, 4) is 15.6 Å². The van der Waals surface area contributed by atoms with Gasteiger partial charge < -0.3 is 4.74 Å². The zero-order chi connectivity index (χ0) is 9.52. The summed E-state index contributed by atoms with van der Waals surface area (Å²) < 4.78 is 7.94. The van der Waals surface area contributed by atoms with Gasteiger partial charge in [0.15, 0.2) is 10.9 Å². The van der Waals surface area contributed by atoms with E-state index in [-0.39, 0.29) is 0 Å². The van der Waals surface area contributed by atoms with Crippen LogP contribution in [-0.4, -0.2) is 22.8 Å². The molecule has 0 atom stereocenters. The Morgan fingerprint density at radius 1 is 1.54 bits per heavy atom. The smallest absolute Gasteiger partial charge is 0.187 e. The summed E-state index contributed by atoms with van der Waals surface area (Å²) in [5, 5.41) is 0.743. The van der Waals surface area contributed by atoms with E-state index in [2.05, 4.69) is 19.8 Å². The number of rotatable bonds is 3. The molecule has 5 heteroatoms. The molecule has 68 valence electrons. The molecule has 1 aromatic heterocycles. The number of ether oxygens (including phenoxy) is 1. The summed E-state index contributed by atoms with van der Waals surface area (Å²) in [4.78, 5) is 8.11. The molecule has 0 fully saturated rings. The minimum Gasteiger partial charge on any atom is -0.478 e. The number of aromatic nitrogens is 2. The van der Waals surface area contributed by atoms with Crippen LogP contribution in [0.4, 0.5) is 0 Å². The topological polar surface area (TPSA) is 35.0 Å². The maximum atomic E-state index is 5.23. The fourth-order valence-corrected chi connectivity index (χ4v) is 1.10. The van der Waals surface area contributed by atoms with E-state index < -0.39 is 0 Å². The van der Waals surface area contributed by atoms with Crippen LogP contribution in [0.3, 0.4) is 0 Å². The highest BCUT2D eigenvalue weighted by Gasteiger charge is 1.94. The molecule has 0 unspecified atom stereocenters. The SMILES string of the molecule is CSc1ncc(OCC#CI)cn1. The second-order valence-electron chi connectivity index (χ2n) is 1.97. The summed E-state index contributed by atoms with van der Waals surface area (Å²) in [6.45, 7) is 0.380. The van der Waals surface area contributed by atoms with E-state index in [0.717, 1.165) is 5.16 Å². The molecule has 13 heavy (non-hydrogen) atoms. The normalized spacial score (nSPS) is 8.77. The molecule has 0 aromatic carbocycles. The lowest BCUT2D eigenvalue weighted by molar-refractivity contribution is 0.365. The molecule has 1 rings (SSSR count). The molecule has 1 heterocycles. The minimum absolute atomic E-state index is 0.380. The molecular formula is C8H7IN2OS. The van der Waals surface area contributed by atoms with Gasteiger partial charge in [-0.25, -0.2) is 9.97 Å². The van der Waals surface area contributed by atoms with Crippen LogP contribution in [0.1, 0.15) is 0 Å².